The van der Waals surface area contributed by atoms with Gasteiger partial charge in [0.05, 0.1) is 12.0 Å². The molecule has 0 saturated heterocycles. The van der Waals surface area contributed by atoms with Crippen molar-refractivity contribution in [2.24, 2.45) is 5.92 Å². The third-order valence-corrected chi connectivity index (χ3v) is 3.25. The van der Waals surface area contributed by atoms with Gasteiger partial charge in [0.15, 0.2) is 0 Å². The predicted octanol–water partition coefficient (Wildman–Crippen LogP) is 2.95. The van der Waals surface area contributed by atoms with Crippen LogP contribution in [-0.2, 0) is 0 Å². The first-order chi connectivity index (χ1) is 8.63. The molecule has 1 rings (SSSR count). The highest BCUT2D eigenvalue weighted by molar-refractivity contribution is 5.54. The third-order valence-electron chi connectivity index (χ3n) is 3.25. The van der Waals surface area contributed by atoms with Crippen LogP contribution in [0.3, 0.4) is 0 Å². The molecule has 18 heavy (non-hydrogen) atoms. The number of nitrogens with one attached hydrogen (secondary N) is 1. The van der Waals surface area contributed by atoms with Crippen molar-refractivity contribution in [3.63, 3.8) is 0 Å². The Bertz CT molecular complexity index is 404. The van der Waals surface area contributed by atoms with Crippen molar-refractivity contribution in [1.29, 1.82) is 5.26 Å². The molecule has 0 saturated carbocycles. The monoisotopic (exact) mass is 245 g/mol. The van der Waals surface area contributed by atoms with Crippen molar-refractivity contribution in [1.82, 2.24) is 5.32 Å². The van der Waals surface area contributed by atoms with E-state index in [0.717, 1.165) is 13.0 Å². The van der Waals surface area contributed by atoms with Crippen molar-refractivity contribution >= 4 is 5.69 Å². The number of rotatable bonds is 6. The lowest BCUT2D eigenvalue weighted by atomic mass is 10.0. The van der Waals surface area contributed by atoms with Crippen LogP contribution in [0.5, 0.6) is 0 Å². The molecule has 2 unspecified atom stereocenters. The first kappa shape index (κ1) is 14.5. The SMILES string of the molecule is CCC(NC)c1ccccc1N(C)CC(C)C#N. The molecule has 0 fully saturated rings. The number of benzene rings is 1. The summed E-state index contributed by atoms with van der Waals surface area (Å²) in [6.45, 7) is 4.89. The smallest absolute Gasteiger partial charge is 0.0671 e. The van der Waals surface area contributed by atoms with Gasteiger partial charge in [-0.25, -0.2) is 0 Å². The summed E-state index contributed by atoms with van der Waals surface area (Å²) in [6, 6.07) is 11.1. The Morgan fingerprint density at radius 1 is 1.39 bits per heavy atom. The number of nitriles is 1. The van der Waals surface area contributed by atoms with Crippen LogP contribution in [0.25, 0.3) is 0 Å². The van der Waals surface area contributed by atoms with Gasteiger partial charge in [-0.3, -0.25) is 0 Å². The fourth-order valence-electron chi connectivity index (χ4n) is 2.26. The molecule has 2 atom stereocenters. The zero-order chi connectivity index (χ0) is 13.5. The average Bonchev–Trinajstić information content (AvgIpc) is 2.40. The molecule has 0 aromatic heterocycles. The lowest BCUT2D eigenvalue weighted by Crippen LogP contribution is -2.26. The van der Waals surface area contributed by atoms with Gasteiger partial charge in [-0.15, -0.1) is 0 Å². The number of hydrogen-bond donors (Lipinski definition) is 1. The summed E-state index contributed by atoms with van der Waals surface area (Å²) >= 11 is 0. The second-order valence-electron chi connectivity index (χ2n) is 4.72. The fourth-order valence-corrected chi connectivity index (χ4v) is 2.26. The van der Waals surface area contributed by atoms with Gasteiger partial charge < -0.3 is 10.2 Å². The highest BCUT2D eigenvalue weighted by Crippen LogP contribution is 2.27. The van der Waals surface area contributed by atoms with Crippen LogP contribution in [0.1, 0.15) is 31.9 Å². The van der Waals surface area contributed by atoms with Gasteiger partial charge in [-0.2, -0.15) is 5.26 Å². The van der Waals surface area contributed by atoms with Crippen molar-refractivity contribution in [2.75, 3.05) is 25.5 Å². The van der Waals surface area contributed by atoms with Gasteiger partial charge in [0, 0.05) is 25.3 Å². The van der Waals surface area contributed by atoms with E-state index in [1.807, 2.05) is 14.0 Å². The normalized spacial score (nSPS) is 13.7. The first-order valence-electron chi connectivity index (χ1n) is 6.50. The number of para-hydroxylation sites is 1. The van der Waals surface area contributed by atoms with E-state index in [1.54, 1.807) is 0 Å². The standard InChI is InChI=1S/C15H23N3/c1-5-14(17-3)13-8-6-7-9-15(13)18(4)11-12(2)10-16/h6-9,12,14,17H,5,11H2,1-4H3. The quantitative estimate of drug-likeness (QED) is 0.837. The number of nitrogens with zero attached hydrogens (tertiary/aromatic N) is 2. The molecule has 0 amide bonds. The van der Waals surface area contributed by atoms with Crippen molar-refractivity contribution in [3.05, 3.63) is 29.8 Å². The lowest BCUT2D eigenvalue weighted by Gasteiger charge is -2.26. The van der Waals surface area contributed by atoms with E-state index in [4.69, 9.17) is 5.26 Å². The second-order valence-corrected chi connectivity index (χ2v) is 4.72. The Labute approximate surface area is 110 Å². The van der Waals surface area contributed by atoms with Crippen LogP contribution < -0.4 is 10.2 Å². The van der Waals surface area contributed by atoms with Gasteiger partial charge in [0.2, 0.25) is 0 Å². The van der Waals surface area contributed by atoms with Crippen molar-refractivity contribution in [3.8, 4) is 6.07 Å². The molecule has 0 spiro atoms. The Morgan fingerprint density at radius 2 is 2.06 bits per heavy atom. The van der Waals surface area contributed by atoms with E-state index in [-0.39, 0.29) is 5.92 Å². The summed E-state index contributed by atoms with van der Waals surface area (Å²) in [5.74, 6) is 0.0396. The molecule has 98 valence electrons. The van der Waals surface area contributed by atoms with E-state index in [2.05, 4.69) is 54.5 Å². The summed E-state index contributed by atoms with van der Waals surface area (Å²) in [4.78, 5) is 2.17. The molecule has 1 N–H and O–H groups in total. The first-order valence-corrected chi connectivity index (χ1v) is 6.50. The molecule has 1 aromatic carbocycles. The van der Waals surface area contributed by atoms with E-state index in [0.29, 0.717) is 6.04 Å². The maximum atomic E-state index is 8.91. The van der Waals surface area contributed by atoms with Crippen molar-refractivity contribution in [2.45, 2.75) is 26.3 Å². The number of hydrogen-bond acceptors (Lipinski definition) is 3. The molecule has 0 radical (unpaired) electrons. The fraction of sp³-hybridized carbons (Fsp3) is 0.533. The third kappa shape index (κ3) is 3.48. The van der Waals surface area contributed by atoms with E-state index in [1.165, 1.54) is 11.3 Å². The van der Waals surface area contributed by atoms with Crippen LogP contribution in [0.15, 0.2) is 24.3 Å². The van der Waals surface area contributed by atoms with Gasteiger partial charge >= 0.3 is 0 Å². The van der Waals surface area contributed by atoms with Gasteiger partial charge in [-0.05, 0) is 32.0 Å². The predicted molar refractivity (Wildman–Crippen MR) is 76.6 cm³/mol. The molecular weight excluding hydrogens is 222 g/mol. The maximum absolute atomic E-state index is 8.91. The summed E-state index contributed by atoms with van der Waals surface area (Å²) in [7, 11) is 4.04. The highest BCUT2D eigenvalue weighted by Gasteiger charge is 2.15. The molecule has 0 bridgehead atoms. The summed E-state index contributed by atoms with van der Waals surface area (Å²) in [6.07, 6.45) is 1.05. The van der Waals surface area contributed by atoms with Gasteiger partial charge in [-0.1, -0.05) is 25.1 Å². The summed E-state index contributed by atoms with van der Waals surface area (Å²) < 4.78 is 0. The van der Waals surface area contributed by atoms with Crippen LogP contribution in [0, 0.1) is 17.2 Å². The molecule has 0 heterocycles. The second kappa shape index (κ2) is 7.03. The summed E-state index contributed by atoms with van der Waals surface area (Å²) in [5.41, 5.74) is 2.51. The van der Waals surface area contributed by atoms with Crippen LogP contribution >= 0.6 is 0 Å². The molecule has 3 nitrogen and oxygen atoms in total. The minimum absolute atomic E-state index is 0.0396. The maximum Gasteiger partial charge on any atom is 0.0671 e. The molecule has 3 heteroatoms. The highest BCUT2D eigenvalue weighted by atomic mass is 15.1. The minimum atomic E-state index is 0.0396. The largest absolute Gasteiger partial charge is 0.373 e. The lowest BCUT2D eigenvalue weighted by molar-refractivity contribution is 0.574. The van der Waals surface area contributed by atoms with E-state index in [9.17, 15) is 0 Å². The Balaban J connectivity index is 2.98. The Morgan fingerprint density at radius 3 is 2.61 bits per heavy atom. The van der Waals surface area contributed by atoms with E-state index >= 15 is 0 Å². The molecule has 1 aromatic rings. The van der Waals surface area contributed by atoms with Crippen LogP contribution in [-0.4, -0.2) is 20.6 Å². The zero-order valence-corrected chi connectivity index (χ0v) is 11.8. The molecule has 0 aliphatic carbocycles. The van der Waals surface area contributed by atoms with Crippen LogP contribution in [0.2, 0.25) is 0 Å². The summed E-state index contributed by atoms with van der Waals surface area (Å²) in [5, 5.41) is 12.3. The van der Waals surface area contributed by atoms with E-state index < -0.39 is 0 Å². The minimum Gasteiger partial charge on any atom is -0.373 e. The molecular formula is C15H23N3. The topological polar surface area (TPSA) is 39.1 Å². The number of anilines is 1. The van der Waals surface area contributed by atoms with Gasteiger partial charge in [0.25, 0.3) is 0 Å². The molecule has 0 aliphatic rings. The average molecular weight is 245 g/mol. The Hall–Kier alpha value is -1.53. The molecule has 0 aliphatic heterocycles. The van der Waals surface area contributed by atoms with Crippen molar-refractivity contribution < 1.29 is 0 Å². The Kier molecular flexibility index (Phi) is 5.67. The van der Waals surface area contributed by atoms with Gasteiger partial charge in [0.1, 0.15) is 0 Å². The zero-order valence-electron chi connectivity index (χ0n) is 11.8. The van der Waals surface area contributed by atoms with Crippen LogP contribution in [0.4, 0.5) is 5.69 Å².